The highest BCUT2D eigenvalue weighted by Gasteiger charge is 2.06. The van der Waals surface area contributed by atoms with E-state index in [0.29, 0.717) is 12.3 Å². The molecule has 3 nitrogen and oxygen atoms in total. The Kier molecular flexibility index (Phi) is 3.49. The average Bonchev–Trinajstić information content (AvgIpc) is 2.73. The van der Waals surface area contributed by atoms with Crippen molar-refractivity contribution < 1.29 is 9.52 Å². The van der Waals surface area contributed by atoms with E-state index in [1.54, 1.807) is 12.1 Å². The lowest BCUT2D eigenvalue weighted by atomic mass is 10.1. The van der Waals surface area contributed by atoms with E-state index in [1.807, 2.05) is 31.2 Å². The molecule has 0 aliphatic heterocycles. The van der Waals surface area contributed by atoms with Crippen LogP contribution in [0.4, 0.5) is 0 Å². The number of benzene rings is 1. The van der Waals surface area contributed by atoms with E-state index in [1.165, 1.54) is 0 Å². The van der Waals surface area contributed by atoms with Gasteiger partial charge in [-0.15, -0.1) is 0 Å². The Balaban J connectivity index is 1.93. The van der Waals surface area contributed by atoms with Crippen molar-refractivity contribution in [1.29, 1.82) is 0 Å². The van der Waals surface area contributed by atoms with E-state index in [4.69, 9.17) is 4.42 Å². The first-order chi connectivity index (χ1) is 8.15. The van der Waals surface area contributed by atoms with Crippen LogP contribution in [0.5, 0.6) is 5.75 Å². The van der Waals surface area contributed by atoms with Crippen LogP contribution in [0.25, 0.3) is 0 Å². The third-order valence-corrected chi connectivity index (χ3v) is 2.77. The molecule has 0 saturated heterocycles. The van der Waals surface area contributed by atoms with E-state index in [9.17, 15) is 5.11 Å². The van der Waals surface area contributed by atoms with Gasteiger partial charge in [0.05, 0.1) is 6.54 Å². The molecule has 90 valence electrons. The molecular formula is C14H17NO2. The van der Waals surface area contributed by atoms with Crippen molar-refractivity contribution in [1.82, 2.24) is 5.32 Å². The van der Waals surface area contributed by atoms with Crippen molar-refractivity contribution in [2.75, 3.05) is 0 Å². The molecule has 0 aliphatic carbocycles. The van der Waals surface area contributed by atoms with Crippen molar-refractivity contribution in [3.63, 3.8) is 0 Å². The third-order valence-electron chi connectivity index (χ3n) is 2.77. The summed E-state index contributed by atoms with van der Waals surface area (Å²) in [6, 6.07) is 11.4. The van der Waals surface area contributed by atoms with Crippen LogP contribution in [0, 0.1) is 6.92 Å². The summed E-state index contributed by atoms with van der Waals surface area (Å²) < 4.78 is 5.49. The maximum atomic E-state index is 9.21. The highest BCUT2D eigenvalue weighted by atomic mass is 16.3. The van der Waals surface area contributed by atoms with Crippen molar-refractivity contribution in [2.24, 2.45) is 0 Å². The lowest BCUT2D eigenvalue weighted by Gasteiger charge is -2.13. The molecule has 1 unspecified atom stereocenters. The fourth-order valence-corrected chi connectivity index (χ4v) is 1.71. The SMILES string of the molecule is Cc1ccc(CNC(C)c2ccc(O)cc2)o1. The number of aryl methyl sites for hydroxylation is 1. The van der Waals surface area contributed by atoms with Gasteiger partial charge >= 0.3 is 0 Å². The van der Waals surface area contributed by atoms with Gasteiger partial charge in [0.2, 0.25) is 0 Å². The predicted octanol–water partition coefficient (Wildman–Crippen LogP) is 3.14. The van der Waals surface area contributed by atoms with Crippen molar-refractivity contribution in [3.8, 4) is 5.75 Å². The summed E-state index contributed by atoms with van der Waals surface area (Å²) in [5, 5.41) is 12.6. The maximum absolute atomic E-state index is 9.21. The zero-order valence-electron chi connectivity index (χ0n) is 10.1. The van der Waals surface area contributed by atoms with E-state index in [2.05, 4.69) is 12.2 Å². The fourth-order valence-electron chi connectivity index (χ4n) is 1.71. The van der Waals surface area contributed by atoms with Gasteiger partial charge in [0.1, 0.15) is 17.3 Å². The molecule has 17 heavy (non-hydrogen) atoms. The maximum Gasteiger partial charge on any atom is 0.117 e. The molecule has 1 heterocycles. The summed E-state index contributed by atoms with van der Waals surface area (Å²) in [6.07, 6.45) is 0. The van der Waals surface area contributed by atoms with Gasteiger partial charge in [-0.1, -0.05) is 12.1 Å². The third kappa shape index (κ3) is 3.11. The molecule has 0 saturated carbocycles. The Bertz CT molecular complexity index is 473. The molecule has 3 heteroatoms. The van der Waals surface area contributed by atoms with Crippen molar-refractivity contribution >= 4 is 0 Å². The lowest BCUT2D eigenvalue weighted by Crippen LogP contribution is -2.17. The van der Waals surface area contributed by atoms with Crippen molar-refractivity contribution in [2.45, 2.75) is 26.4 Å². The molecule has 2 aromatic rings. The smallest absolute Gasteiger partial charge is 0.117 e. The molecule has 0 aliphatic rings. The summed E-state index contributed by atoms with van der Waals surface area (Å²) >= 11 is 0. The van der Waals surface area contributed by atoms with E-state index in [0.717, 1.165) is 17.1 Å². The van der Waals surface area contributed by atoms with Crippen LogP contribution in [0.3, 0.4) is 0 Å². The Labute approximate surface area is 101 Å². The molecule has 1 aromatic heterocycles. The second-order valence-electron chi connectivity index (χ2n) is 4.21. The number of phenols is 1. The normalized spacial score (nSPS) is 12.6. The number of hydrogen-bond donors (Lipinski definition) is 2. The number of furan rings is 1. The molecule has 0 spiro atoms. The Morgan fingerprint density at radius 3 is 2.47 bits per heavy atom. The molecule has 0 bridgehead atoms. The minimum absolute atomic E-state index is 0.223. The summed E-state index contributed by atoms with van der Waals surface area (Å²) in [4.78, 5) is 0. The fraction of sp³-hybridized carbons (Fsp3) is 0.286. The summed E-state index contributed by atoms with van der Waals surface area (Å²) in [5.41, 5.74) is 1.14. The van der Waals surface area contributed by atoms with Crippen LogP contribution < -0.4 is 5.32 Å². The van der Waals surface area contributed by atoms with Crippen LogP contribution >= 0.6 is 0 Å². The zero-order chi connectivity index (χ0) is 12.3. The molecule has 1 atom stereocenters. The Hall–Kier alpha value is -1.74. The number of hydrogen-bond acceptors (Lipinski definition) is 3. The molecule has 0 amide bonds. The quantitative estimate of drug-likeness (QED) is 0.849. The van der Waals surface area contributed by atoms with E-state index in [-0.39, 0.29) is 6.04 Å². The van der Waals surface area contributed by atoms with Gasteiger partial charge in [-0.25, -0.2) is 0 Å². The first-order valence-corrected chi connectivity index (χ1v) is 5.73. The first-order valence-electron chi connectivity index (χ1n) is 5.73. The van der Waals surface area contributed by atoms with Gasteiger partial charge in [0, 0.05) is 6.04 Å². The second kappa shape index (κ2) is 5.06. The van der Waals surface area contributed by atoms with Gasteiger partial charge in [0.15, 0.2) is 0 Å². The lowest BCUT2D eigenvalue weighted by molar-refractivity contribution is 0.443. The molecule has 0 fully saturated rings. The van der Waals surface area contributed by atoms with Gasteiger partial charge in [-0.2, -0.15) is 0 Å². The minimum Gasteiger partial charge on any atom is -0.508 e. The van der Waals surface area contributed by atoms with Gasteiger partial charge < -0.3 is 14.8 Å². The van der Waals surface area contributed by atoms with E-state index >= 15 is 0 Å². The Morgan fingerprint density at radius 1 is 1.18 bits per heavy atom. The van der Waals surface area contributed by atoms with Gasteiger partial charge in [0.25, 0.3) is 0 Å². The number of aromatic hydroxyl groups is 1. The summed E-state index contributed by atoms with van der Waals surface area (Å²) in [5.74, 6) is 2.16. The monoisotopic (exact) mass is 231 g/mol. The van der Waals surface area contributed by atoms with E-state index < -0.39 is 0 Å². The first kappa shape index (κ1) is 11.7. The zero-order valence-corrected chi connectivity index (χ0v) is 10.1. The predicted molar refractivity (Wildman–Crippen MR) is 66.8 cm³/mol. The van der Waals surface area contributed by atoms with Crippen LogP contribution in [-0.2, 0) is 6.54 Å². The molecule has 1 aromatic carbocycles. The molecule has 2 N–H and O–H groups in total. The Morgan fingerprint density at radius 2 is 1.88 bits per heavy atom. The summed E-state index contributed by atoms with van der Waals surface area (Å²) in [6.45, 7) is 4.73. The molecule has 2 rings (SSSR count). The largest absolute Gasteiger partial charge is 0.508 e. The van der Waals surface area contributed by atoms with Crippen LogP contribution in [0.1, 0.15) is 30.0 Å². The standard InChI is InChI=1S/C14H17NO2/c1-10-3-8-14(17-10)9-15-11(2)12-4-6-13(16)7-5-12/h3-8,11,15-16H,9H2,1-2H3. The molecular weight excluding hydrogens is 214 g/mol. The number of nitrogens with one attached hydrogen (secondary N) is 1. The highest BCUT2D eigenvalue weighted by molar-refractivity contribution is 5.27. The van der Waals surface area contributed by atoms with Gasteiger partial charge in [-0.3, -0.25) is 0 Å². The summed E-state index contributed by atoms with van der Waals surface area (Å²) in [7, 11) is 0. The van der Waals surface area contributed by atoms with Gasteiger partial charge in [-0.05, 0) is 43.7 Å². The highest BCUT2D eigenvalue weighted by Crippen LogP contribution is 2.17. The second-order valence-corrected chi connectivity index (χ2v) is 4.21. The minimum atomic E-state index is 0.223. The van der Waals surface area contributed by atoms with Crippen molar-refractivity contribution in [3.05, 3.63) is 53.5 Å². The van der Waals surface area contributed by atoms with Crippen LogP contribution in [0.2, 0.25) is 0 Å². The van der Waals surface area contributed by atoms with Crippen LogP contribution in [0.15, 0.2) is 40.8 Å². The average molecular weight is 231 g/mol. The van der Waals surface area contributed by atoms with Crippen LogP contribution in [-0.4, -0.2) is 5.11 Å². The molecule has 0 radical (unpaired) electrons. The number of rotatable bonds is 4. The topological polar surface area (TPSA) is 45.4 Å². The number of phenolic OH excluding ortho intramolecular Hbond substituents is 1.